The van der Waals surface area contributed by atoms with Gasteiger partial charge in [-0.2, -0.15) is 0 Å². The highest BCUT2D eigenvalue weighted by atomic mass is 16.2. The largest absolute Gasteiger partial charge is 0.341 e. The SMILES string of the molecule is CNC(=O)NCCCCCCCCCCC(C)C. The van der Waals surface area contributed by atoms with E-state index in [-0.39, 0.29) is 6.03 Å². The number of urea groups is 1. The first kappa shape index (κ1) is 17.3. The molecule has 0 heterocycles. The minimum atomic E-state index is -0.0693. The molecule has 0 aliphatic rings. The maximum absolute atomic E-state index is 10.9. The molecule has 0 aliphatic carbocycles. The summed E-state index contributed by atoms with van der Waals surface area (Å²) < 4.78 is 0. The van der Waals surface area contributed by atoms with Crippen molar-refractivity contribution in [1.82, 2.24) is 10.6 Å². The lowest BCUT2D eigenvalue weighted by molar-refractivity contribution is 0.242. The molecule has 0 unspecified atom stereocenters. The quantitative estimate of drug-likeness (QED) is 0.537. The van der Waals surface area contributed by atoms with Gasteiger partial charge in [0, 0.05) is 13.6 Å². The molecule has 2 N–H and O–H groups in total. The number of rotatable bonds is 11. The van der Waals surface area contributed by atoms with E-state index in [4.69, 9.17) is 0 Å². The highest BCUT2D eigenvalue weighted by Crippen LogP contribution is 2.12. The summed E-state index contributed by atoms with van der Waals surface area (Å²) in [5, 5.41) is 5.37. The minimum Gasteiger partial charge on any atom is -0.341 e. The summed E-state index contributed by atoms with van der Waals surface area (Å²) in [6.45, 7) is 5.40. The van der Waals surface area contributed by atoms with Gasteiger partial charge < -0.3 is 10.6 Å². The van der Waals surface area contributed by atoms with E-state index in [2.05, 4.69) is 24.5 Å². The smallest absolute Gasteiger partial charge is 0.314 e. The van der Waals surface area contributed by atoms with E-state index in [0.717, 1.165) is 18.9 Å². The van der Waals surface area contributed by atoms with Crippen molar-refractivity contribution in [2.24, 2.45) is 5.92 Å². The van der Waals surface area contributed by atoms with Gasteiger partial charge in [0.05, 0.1) is 0 Å². The van der Waals surface area contributed by atoms with E-state index in [1.807, 2.05) is 0 Å². The lowest BCUT2D eigenvalue weighted by Gasteiger charge is -2.05. The van der Waals surface area contributed by atoms with Gasteiger partial charge in [0.25, 0.3) is 0 Å². The Kier molecular flexibility index (Phi) is 12.2. The molecule has 3 heteroatoms. The van der Waals surface area contributed by atoms with Crippen molar-refractivity contribution in [2.75, 3.05) is 13.6 Å². The first-order valence-corrected chi connectivity index (χ1v) is 7.62. The number of amides is 2. The van der Waals surface area contributed by atoms with E-state index in [0.29, 0.717) is 0 Å². The molecular formula is C15H32N2O. The second-order valence-corrected chi connectivity index (χ2v) is 5.52. The number of nitrogens with one attached hydrogen (secondary N) is 2. The van der Waals surface area contributed by atoms with Gasteiger partial charge in [0.1, 0.15) is 0 Å². The van der Waals surface area contributed by atoms with Crippen LogP contribution < -0.4 is 10.6 Å². The summed E-state index contributed by atoms with van der Waals surface area (Å²) >= 11 is 0. The highest BCUT2D eigenvalue weighted by molar-refractivity contribution is 5.73. The molecule has 0 saturated heterocycles. The monoisotopic (exact) mass is 256 g/mol. The molecule has 3 nitrogen and oxygen atoms in total. The summed E-state index contributed by atoms with van der Waals surface area (Å²) in [5.74, 6) is 0.859. The van der Waals surface area contributed by atoms with Crippen LogP contribution in [-0.2, 0) is 0 Å². The van der Waals surface area contributed by atoms with E-state index in [1.54, 1.807) is 7.05 Å². The maximum atomic E-state index is 10.9. The zero-order valence-electron chi connectivity index (χ0n) is 12.6. The van der Waals surface area contributed by atoms with Crippen molar-refractivity contribution in [3.8, 4) is 0 Å². The van der Waals surface area contributed by atoms with Crippen LogP contribution >= 0.6 is 0 Å². The molecule has 0 aromatic heterocycles. The zero-order valence-corrected chi connectivity index (χ0v) is 12.6. The average Bonchev–Trinajstić information content (AvgIpc) is 2.35. The first-order chi connectivity index (χ1) is 8.66. The van der Waals surface area contributed by atoms with E-state index in [9.17, 15) is 4.79 Å². The molecule has 0 saturated carbocycles. The molecule has 108 valence electrons. The van der Waals surface area contributed by atoms with Crippen molar-refractivity contribution < 1.29 is 4.79 Å². The van der Waals surface area contributed by atoms with Gasteiger partial charge in [-0.25, -0.2) is 4.79 Å². The number of carbonyl (C=O) groups excluding carboxylic acids is 1. The van der Waals surface area contributed by atoms with Gasteiger partial charge in [0.15, 0.2) is 0 Å². The second-order valence-electron chi connectivity index (χ2n) is 5.52. The normalized spacial score (nSPS) is 10.7. The van der Waals surface area contributed by atoms with Crippen molar-refractivity contribution >= 4 is 6.03 Å². The van der Waals surface area contributed by atoms with Crippen LogP contribution in [0.3, 0.4) is 0 Å². The highest BCUT2D eigenvalue weighted by Gasteiger charge is 1.96. The first-order valence-electron chi connectivity index (χ1n) is 7.62. The Morgan fingerprint density at radius 2 is 1.39 bits per heavy atom. The van der Waals surface area contributed by atoms with E-state index >= 15 is 0 Å². The van der Waals surface area contributed by atoms with Crippen LogP contribution in [-0.4, -0.2) is 19.6 Å². The summed E-state index contributed by atoms with van der Waals surface area (Å²) in [4.78, 5) is 10.9. The number of unbranched alkanes of at least 4 members (excludes halogenated alkanes) is 7. The fourth-order valence-electron chi connectivity index (χ4n) is 2.03. The zero-order chi connectivity index (χ0) is 13.6. The topological polar surface area (TPSA) is 41.1 Å². The van der Waals surface area contributed by atoms with Gasteiger partial charge in [-0.3, -0.25) is 0 Å². The third kappa shape index (κ3) is 13.3. The van der Waals surface area contributed by atoms with Crippen LogP contribution in [0.4, 0.5) is 4.79 Å². The Balaban J connectivity index is 3.01. The Morgan fingerprint density at radius 1 is 0.889 bits per heavy atom. The number of hydrogen-bond acceptors (Lipinski definition) is 1. The molecule has 0 bridgehead atoms. The molecule has 0 fully saturated rings. The summed E-state index contributed by atoms with van der Waals surface area (Å²) in [5.41, 5.74) is 0. The fraction of sp³-hybridized carbons (Fsp3) is 0.933. The van der Waals surface area contributed by atoms with Crippen LogP contribution in [0.1, 0.15) is 71.6 Å². The second kappa shape index (κ2) is 12.7. The molecule has 18 heavy (non-hydrogen) atoms. The molecule has 0 atom stereocenters. The van der Waals surface area contributed by atoms with Gasteiger partial charge in [0.2, 0.25) is 0 Å². The standard InChI is InChI=1S/C15H32N2O/c1-14(2)12-10-8-6-4-5-7-9-11-13-17-15(18)16-3/h14H,4-13H2,1-3H3,(H2,16,17,18). The Labute approximate surface area is 113 Å². The molecule has 2 amide bonds. The Hall–Kier alpha value is -0.730. The Bertz CT molecular complexity index is 193. The van der Waals surface area contributed by atoms with Gasteiger partial charge in [-0.15, -0.1) is 0 Å². The van der Waals surface area contributed by atoms with Crippen LogP contribution in [0.2, 0.25) is 0 Å². The van der Waals surface area contributed by atoms with Crippen molar-refractivity contribution in [3.05, 3.63) is 0 Å². The fourth-order valence-corrected chi connectivity index (χ4v) is 2.03. The third-order valence-corrected chi connectivity index (χ3v) is 3.22. The third-order valence-electron chi connectivity index (χ3n) is 3.22. The minimum absolute atomic E-state index is 0.0693. The van der Waals surface area contributed by atoms with Crippen molar-refractivity contribution in [2.45, 2.75) is 71.6 Å². The molecule has 0 rings (SSSR count). The van der Waals surface area contributed by atoms with Crippen LogP contribution in [0.25, 0.3) is 0 Å². The van der Waals surface area contributed by atoms with Crippen LogP contribution in [0.15, 0.2) is 0 Å². The molecular weight excluding hydrogens is 224 g/mol. The lowest BCUT2D eigenvalue weighted by atomic mass is 10.0. The lowest BCUT2D eigenvalue weighted by Crippen LogP contribution is -2.33. The maximum Gasteiger partial charge on any atom is 0.314 e. The summed E-state index contributed by atoms with van der Waals surface area (Å²) in [6.07, 6.45) is 11.9. The number of hydrogen-bond donors (Lipinski definition) is 2. The van der Waals surface area contributed by atoms with Gasteiger partial charge in [-0.1, -0.05) is 65.2 Å². The van der Waals surface area contributed by atoms with Crippen molar-refractivity contribution in [1.29, 1.82) is 0 Å². The molecule has 0 aromatic carbocycles. The Morgan fingerprint density at radius 3 is 1.89 bits per heavy atom. The van der Waals surface area contributed by atoms with E-state index in [1.165, 1.54) is 51.4 Å². The molecule has 0 aliphatic heterocycles. The van der Waals surface area contributed by atoms with Crippen LogP contribution in [0, 0.1) is 5.92 Å². The van der Waals surface area contributed by atoms with Crippen molar-refractivity contribution in [3.63, 3.8) is 0 Å². The molecule has 0 spiro atoms. The van der Waals surface area contributed by atoms with Gasteiger partial charge >= 0.3 is 6.03 Å². The predicted molar refractivity (Wildman–Crippen MR) is 78.8 cm³/mol. The van der Waals surface area contributed by atoms with Gasteiger partial charge in [-0.05, 0) is 12.3 Å². The summed E-state index contributed by atoms with van der Waals surface area (Å²) in [7, 11) is 1.65. The summed E-state index contributed by atoms with van der Waals surface area (Å²) in [6, 6.07) is -0.0693. The average molecular weight is 256 g/mol. The van der Waals surface area contributed by atoms with Crippen LogP contribution in [0.5, 0.6) is 0 Å². The molecule has 0 aromatic rings. The number of carbonyl (C=O) groups is 1. The van der Waals surface area contributed by atoms with E-state index < -0.39 is 0 Å². The predicted octanol–water partition coefficient (Wildman–Crippen LogP) is 4.08. The molecule has 0 radical (unpaired) electrons.